The predicted molar refractivity (Wildman–Crippen MR) is 107 cm³/mol. The topological polar surface area (TPSA) is 63.5 Å². The van der Waals surface area contributed by atoms with E-state index in [9.17, 15) is 0 Å². The molecule has 0 saturated heterocycles. The van der Waals surface area contributed by atoms with E-state index < -0.39 is 0 Å². The summed E-state index contributed by atoms with van der Waals surface area (Å²) in [5.41, 5.74) is 1.18. The molecular weight excluding hydrogens is 405 g/mol. The van der Waals surface area contributed by atoms with Gasteiger partial charge in [0.05, 0.1) is 18.8 Å². The maximum absolute atomic E-state index is 5.75. The molecule has 1 rings (SSSR count). The van der Waals surface area contributed by atoms with Crippen LogP contribution >= 0.6 is 24.0 Å². The molecule has 1 heterocycles. The number of nitrogens with zero attached hydrogens (tertiary/aromatic N) is 3. The SMILES string of the molecule is CCOC(CCNC(=NC)NCCn1cc(C)cn1)C(C)C.I. The fourth-order valence-corrected chi connectivity index (χ4v) is 2.25. The van der Waals surface area contributed by atoms with Crippen LogP contribution in [0.15, 0.2) is 17.4 Å². The highest BCUT2D eigenvalue weighted by Crippen LogP contribution is 2.09. The van der Waals surface area contributed by atoms with Gasteiger partial charge in [-0.1, -0.05) is 13.8 Å². The first-order valence-electron chi connectivity index (χ1n) is 8.12. The van der Waals surface area contributed by atoms with Gasteiger partial charge < -0.3 is 15.4 Å². The minimum atomic E-state index is 0. The minimum Gasteiger partial charge on any atom is -0.378 e. The number of rotatable bonds is 9. The van der Waals surface area contributed by atoms with Crippen LogP contribution in [-0.4, -0.2) is 48.6 Å². The van der Waals surface area contributed by atoms with E-state index in [1.54, 1.807) is 7.05 Å². The molecule has 0 radical (unpaired) electrons. The Bertz CT molecular complexity index is 447. The first-order valence-corrected chi connectivity index (χ1v) is 8.12. The third-order valence-corrected chi connectivity index (χ3v) is 3.46. The van der Waals surface area contributed by atoms with Crippen LogP contribution in [0.1, 0.15) is 32.8 Å². The summed E-state index contributed by atoms with van der Waals surface area (Å²) < 4.78 is 7.68. The van der Waals surface area contributed by atoms with Crippen LogP contribution in [0.25, 0.3) is 0 Å². The third-order valence-electron chi connectivity index (χ3n) is 3.46. The number of hydrogen-bond donors (Lipinski definition) is 2. The van der Waals surface area contributed by atoms with E-state index in [4.69, 9.17) is 4.74 Å². The van der Waals surface area contributed by atoms with Gasteiger partial charge in [-0.3, -0.25) is 9.67 Å². The largest absolute Gasteiger partial charge is 0.378 e. The Morgan fingerprint density at radius 3 is 2.57 bits per heavy atom. The van der Waals surface area contributed by atoms with E-state index in [-0.39, 0.29) is 24.0 Å². The molecule has 1 unspecified atom stereocenters. The number of aliphatic imine (C=N–C) groups is 1. The number of nitrogens with one attached hydrogen (secondary N) is 2. The van der Waals surface area contributed by atoms with Crippen LogP contribution in [0.5, 0.6) is 0 Å². The lowest BCUT2D eigenvalue weighted by Crippen LogP contribution is -2.40. The number of guanidine groups is 1. The molecule has 7 heteroatoms. The van der Waals surface area contributed by atoms with Crippen molar-refractivity contribution in [2.75, 3.05) is 26.7 Å². The molecule has 23 heavy (non-hydrogen) atoms. The number of aryl methyl sites for hydroxylation is 1. The number of halogens is 1. The van der Waals surface area contributed by atoms with Crippen LogP contribution in [0.2, 0.25) is 0 Å². The quantitative estimate of drug-likeness (QED) is 0.354. The first-order chi connectivity index (χ1) is 10.6. The summed E-state index contributed by atoms with van der Waals surface area (Å²) in [5, 5.41) is 10.9. The monoisotopic (exact) mass is 437 g/mol. The second kappa shape index (κ2) is 12.6. The van der Waals surface area contributed by atoms with Crippen molar-refractivity contribution in [2.24, 2.45) is 10.9 Å². The first kappa shape index (κ1) is 22.2. The minimum absolute atomic E-state index is 0. The van der Waals surface area contributed by atoms with Gasteiger partial charge in [0.2, 0.25) is 0 Å². The van der Waals surface area contributed by atoms with Gasteiger partial charge in [-0.15, -0.1) is 24.0 Å². The molecule has 1 aromatic rings. The molecule has 0 fully saturated rings. The summed E-state index contributed by atoms with van der Waals surface area (Å²) in [6.07, 6.45) is 5.17. The van der Waals surface area contributed by atoms with Crippen molar-refractivity contribution in [3.8, 4) is 0 Å². The summed E-state index contributed by atoms with van der Waals surface area (Å²) in [6, 6.07) is 0. The van der Waals surface area contributed by atoms with Crippen molar-refractivity contribution in [2.45, 2.75) is 46.8 Å². The van der Waals surface area contributed by atoms with E-state index in [0.29, 0.717) is 12.0 Å². The van der Waals surface area contributed by atoms with E-state index in [1.165, 1.54) is 5.56 Å². The third kappa shape index (κ3) is 9.14. The summed E-state index contributed by atoms with van der Waals surface area (Å²) in [6.45, 7) is 11.7. The zero-order chi connectivity index (χ0) is 16.4. The van der Waals surface area contributed by atoms with Crippen molar-refractivity contribution in [1.82, 2.24) is 20.4 Å². The zero-order valence-corrected chi connectivity index (χ0v) is 17.3. The Kier molecular flexibility index (Phi) is 12.1. The van der Waals surface area contributed by atoms with Gasteiger partial charge in [-0.25, -0.2) is 0 Å². The van der Waals surface area contributed by atoms with Gasteiger partial charge in [-0.2, -0.15) is 5.10 Å². The molecule has 1 atom stereocenters. The molecule has 1 aromatic heterocycles. The average molecular weight is 437 g/mol. The lowest BCUT2D eigenvalue weighted by molar-refractivity contribution is 0.0258. The zero-order valence-electron chi connectivity index (χ0n) is 15.0. The van der Waals surface area contributed by atoms with Gasteiger partial charge >= 0.3 is 0 Å². The maximum atomic E-state index is 5.75. The van der Waals surface area contributed by atoms with Crippen molar-refractivity contribution >= 4 is 29.9 Å². The van der Waals surface area contributed by atoms with Crippen molar-refractivity contribution < 1.29 is 4.74 Å². The molecule has 0 aliphatic heterocycles. The van der Waals surface area contributed by atoms with Crippen LogP contribution in [0, 0.1) is 12.8 Å². The summed E-state index contributed by atoms with van der Waals surface area (Å²) >= 11 is 0. The Morgan fingerprint density at radius 1 is 1.35 bits per heavy atom. The molecule has 134 valence electrons. The Morgan fingerprint density at radius 2 is 2.04 bits per heavy atom. The van der Waals surface area contributed by atoms with Gasteiger partial charge in [0.1, 0.15) is 0 Å². The lowest BCUT2D eigenvalue weighted by Gasteiger charge is -2.21. The van der Waals surface area contributed by atoms with Crippen LogP contribution in [0.3, 0.4) is 0 Å². The van der Waals surface area contributed by atoms with Gasteiger partial charge in [0.15, 0.2) is 5.96 Å². The number of ether oxygens (including phenoxy) is 1. The molecule has 0 aromatic carbocycles. The van der Waals surface area contributed by atoms with E-state index in [0.717, 1.165) is 38.6 Å². The number of hydrogen-bond acceptors (Lipinski definition) is 3. The van der Waals surface area contributed by atoms with Crippen molar-refractivity contribution in [3.05, 3.63) is 18.0 Å². The Hall–Kier alpha value is -0.830. The number of aromatic nitrogens is 2. The van der Waals surface area contributed by atoms with Crippen molar-refractivity contribution in [1.29, 1.82) is 0 Å². The molecule has 6 nitrogen and oxygen atoms in total. The Balaban J connectivity index is 0.00000484. The van der Waals surface area contributed by atoms with Gasteiger partial charge in [-0.05, 0) is 31.7 Å². The van der Waals surface area contributed by atoms with Crippen LogP contribution < -0.4 is 10.6 Å². The average Bonchev–Trinajstić information content (AvgIpc) is 2.90. The second-order valence-corrected chi connectivity index (χ2v) is 5.73. The lowest BCUT2D eigenvalue weighted by atomic mass is 10.0. The standard InChI is InChI=1S/C16H31N5O.HI/c1-6-22-15(13(2)3)7-8-18-16(17-5)19-9-10-21-12-14(4)11-20-21;/h11-13,15H,6-10H2,1-5H3,(H2,17,18,19);1H. The van der Waals surface area contributed by atoms with Crippen LogP contribution in [-0.2, 0) is 11.3 Å². The highest BCUT2D eigenvalue weighted by molar-refractivity contribution is 14.0. The fraction of sp³-hybridized carbons (Fsp3) is 0.750. The highest BCUT2D eigenvalue weighted by atomic mass is 127. The van der Waals surface area contributed by atoms with Crippen LogP contribution in [0.4, 0.5) is 0 Å². The molecule has 2 N–H and O–H groups in total. The second-order valence-electron chi connectivity index (χ2n) is 5.73. The van der Waals surface area contributed by atoms with Gasteiger partial charge in [0.25, 0.3) is 0 Å². The fourth-order valence-electron chi connectivity index (χ4n) is 2.25. The molecule has 0 aliphatic carbocycles. The van der Waals surface area contributed by atoms with E-state index in [2.05, 4.69) is 34.6 Å². The summed E-state index contributed by atoms with van der Waals surface area (Å²) in [4.78, 5) is 4.24. The molecule has 0 aliphatic rings. The molecular formula is C16H32IN5O. The molecule has 0 amide bonds. The Labute approximate surface area is 157 Å². The summed E-state index contributed by atoms with van der Waals surface area (Å²) in [5.74, 6) is 1.35. The summed E-state index contributed by atoms with van der Waals surface area (Å²) in [7, 11) is 1.79. The smallest absolute Gasteiger partial charge is 0.191 e. The molecule has 0 bridgehead atoms. The predicted octanol–water partition coefficient (Wildman–Crippen LogP) is 2.43. The normalized spacial score (nSPS) is 12.9. The maximum Gasteiger partial charge on any atom is 0.191 e. The molecule has 0 saturated carbocycles. The van der Waals surface area contributed by atoms with E-state index in [1.807, 2.05) is 30.9 Å². The van der Waals surface area contributed by atoms with E-state index >= 15 is 0 Å². The van der Waals surface area contributed by atoms with Gasteiger partial charge in [0, 0.05) is 32.9 Å². The van der Waals surface area contributed by atoms with Crippen molar-refractivity contribution in [3.63, 3.8) is 0 Å². The highest BCUT2D eigenvalue weighted by Gasteiger charge is 2.12. The molecule has 0 spiro atoms.